The lowest BCUT2D eigenvalue weighted by Gasteiger charge is -2.19. The van der Waals surface area contributed by atoms with Gasteiger partial charge in [-0.3, -0.25) is 4.79 Å². The average Bonchev–Trinajstić information content (AvgIpc) is 2.86. The zero-order valence-corrected chi connectivity index (χ0v) is 14.5. The summed E-state index contributed by atoms with van der Waals surface area (Å²) in [6, 6.07) is 0. The fourth-order valence-corrected chi connectivity index (χ4v) is 3.24. The molecule has 0 radical (unpaired) electrons. The van der Waals surface area contributed by atoms with E-state index in [0.717, 1.165) is 23.1 Å². The molecule has 1 heterocycles. The van der Waals surface area contributed by atoms with Crippen molar-refractivity contribution in [2.75, 3.05) is 30.5 Å². The predicted octanol–water partition coefficient (Wildman–Crippen LogP) is 3.39. The smallest absolute Gasteiger partial charge is 0.317 e. The van der Waals surface area contributed by atoms with E-state index in [4.69, 9.17) is 4.74 Å². The number of aromatic nitrogens is 1. The van der Waals surface area contributed by atoms with Gasteiger partial charge in [0, 0.05) is 11.9 Å². The zero-order valence-electron chi connectivity index (χ0n) is 12.9. The van der Waals surface area contributed by atoms with Crippen molar-refractivity contribution in [1.82, 2.24) is 4.98 Å². The molecule has 114 valence electrons. The van der Waals surface area contributed by atoms with Crippen molar-refractivity contribution in [3.05, 3.63) is 11.1 Å². The molecule has 0 spiro atoms. The van der Waals surface area contributed by atoms with Gasteiger partial charge in [-0.15, -0.1) is 11.3 Å². The van der Waals surface area contributed by atoms with Crippen LogP contribution in [0.5, 0.6) is 0 Å². The van der Waals surface area contributed by atoms with Gasteiger partial charge in [0.2, 0.25) is 0 Å². The third kappa shape index (κ3) is 4.66. The minimum atomic E-state index is -0.697. The molecule has 1 N–H and O–H groups in total. The van der Waals surface area contributed by atoms with Crippen LogP contribution in [-0.4, -0.2) is 36.1 Å². The van der Waals surface area contributed by atoms with Gasteiger partial charge in [-0.2, -0.15) is 11.8 Å². The minimum absolute atomic E-state index is 0.229. The van der Waals surface area contributed by atoms with Gasteiger partial charge in [0.1, 0.15) is 5.41 Å². The molecule has 0 aliphatic carbocycles. The fourth-order valence-electron chi connectivity index (χ4n) is 1.66. The van der Waals surface area contributed by atoms with Crippen LogP contribution in [0.15, 0.2) is 5.38 Å². The largest absolute Gasteiger partial charge is 0.465 e. The summed E-state index contributed by atoms with van der Waals surface area (Å²) in [5.74, 6) is 1.49. The summed E-state index contributed by atoms with van der Waals surface area (Å²) in [5, 5.41) is 6.13. The Morgan fingerprint density at radius 3 is 2.90 bits per heavy atom. The van der Waals surface area contributed by atoms with E-state index in [1.807, 2.05) is 37.9 Å². The molecule has 4 nitrogen and oxygen atoms in total. The maximum Gasteiger partial charge on any atom is 0.317 e. The monoisotopic (exact) mass is 316 g/mol. The number of hydrogen-bond acceptors (Lipinski definition) is 6. The Morgan fingerprint density at radius 2 is 2.30 bits per heavy atom. The molecule has 1 rings (SSSR count). The highest BCUT2D eigenvalue weighted by molar-refractivity contribution is 7.98. The van der Waals surface area contributed by atoms with E-state index < -0.39 is 5.41 Å². The summed E-state index contributed by atoms with van der Waals surface area (Å²) < 4.78 is 5.10. The molecular formula is C14H24N2O2S2. The Labute approximate surface area is 129 Å². The number of nitrogens with one attached hydrogen (secondary N) is 1. The average molecular weight is 316 g/mol. The third-order valence-corrected chi connectivity index (χ3v) is 4.69. The van der Waals surface area contributed by atoms with Gasteiger partial charge in [-0.05, 0) is 38.7 Å². The van der Waals surface area contributed by atoms with Gasteiger partial charge < -0.3 is 10.1 Å². The van der Waals surface area contributed by atoms with Crippen LogP contribution in [0.3, 0.4) is 0 Å². The Balaban J connectivity index is 2.64. The number of carbonyl (C=O) groups excluding carboxylic acids is 1. The molecule has 0 aromatic carbocycles. The van der Waals surface area contributed by atoms with Crippen LogP contribution in [0.2, 0.25) is 0 Å². The van der Waals surface area contributed by atoms with Crippen molar-refractivity contribution in [3.63, 3.8) is 0 Å². The number of carbonyl (C=O) groups is 1. The van der Waals surface area contributed by atoms with Crippen LogP contribution in [0.25, 0.3) is 0 Å². The molecule has 0 bridgehead atoms. The Bertz CT molecular complexity index is 433. The van der Waals surface area contributed by atoms with E-state index in [0.29, 0.717) is 12.5 Å². The van der Waals surface area contributed by atoms with Crippen molar-refractivity contribution in [2.24, 2.45) is 5.92 Å². The summed E-state index contributed by atoms with van der Waals surface area (Å²) >= 11 is 3.38. The third-order valence-electron chi connectivity index (χ3n) is 2.98. The summed E-state index contributed by atoms with van der Waals surface area (Å²) in [6.07, 6.45) is 2.11. The van der Waals surface area contributed by atoms with Gasteiger partial charge in [0.25, 0.3) is 0 Å². The van der Waals surface area contributed by atoms with Crippen molar-refractivity contribution >= 4 is 34.2 Å². The van der Waals surface area contributed by atoms with Crippen molar-refractivity contribution < 1.29 is 9.53 Å². The molecule has 0 fully saturated rings. The van der Waals surface area contributed by atoms with Gasteiger partial charge in [-0.25, -0.2) is 4.98 Å². The van der Waals surface area contributed by atoms with Crippen LogP contribution in [0.4, 0.5) is 5.13 Å². The second-order valence-corrected chi connectivity index (χ2v) is 7.09. The molecule has 0 saturated carbocycles. The molecule has 0 aliphatic rings. The van der Waals surface area contributed by atoms with E-state index in [2.05, 4.69) is 23.5 Å². The number of nitrogens with zero attached hydrogens (tertiary/aromatic N) is 1. The molecule has 20 heavy (non-hydrogen) atoms. The highest BCUT2D eigenvalue weighted by Crippen LogP contribution is 2.28. The van der Waals surface area contributed by atoms with Crippen LogP contribution in [0.1, 0.15) is 33.4 Å². The number of thioether (sulfide) groups is 1. The first-order valence-electron chi connectivity index (χ1n) is 6.77. The van der Waals surface area contributed by atoms with Crippen LogP contribution < -0.4 is 5.32 Å². The second kappa shape index (κ2) is 7.88. The normalized spacial score (nSPS) is 13.1. The first-order valence-corrected chi connectivity index (χ1v) is 9.05. The summed E-state index contributed by atoms with van der Waals surface area (Å²) in [7, 11) is 0. The molecule has 1 aromatic rings. The maximum atomic E-state index is 11.9. The first kappa shape index (κ1) is 17.3. The molecule has 1 unspecified atom stereocenters. The predicted molar refractivity (Wildman–Crippen MR) is 87.8 cm³/mol. The van der Waals surface area contributed by atoms with E-state index in [1.165, 1.54) is 11.3 Å². The van der Waals surface area contributed by atoms with Crippen LogP contribution in [0, 0.1) is 5.92 Å². The summed E-state index contributed by atoms with van der Waals surface area (Å²) in [6.45, 7) is 9.01. The molecule has 1 aromatic heterocycles. The quantitative estimate of drug-likeness (QED) is 0.745. The Hall–Kier alpha value is -0.750. The standard InChI is InChI=1S/C14H24N2O2S2/c1-6-18-12(17)14(3,4)11-9-20-13(16-11)15-7-10(2)8-19-5/h9-10H,6-8H2,1-5H3,(H,15,16). The first-order chi connectivity index (χ1) is 9.41. The maximum absolute atomic E-state index is 11.9. The zero-order chi connectivity index (χ0) is 15.2. The van der Waals surface area contributed by atoms with Crippen molar-refractivity contribution in [2.45, 2.75) is 33.1 Å². The van der Waals surface area contributed by atoms with Crippen LogP contribution in [-0.2, 0) is 14.9 Å². The number of rotatable bonds is 8. The van der Waals surface area contributed by atoms with Gasteiger partial charge in [-0.1, -0.05) is 6.92 Å². The number of thiazole rings is 1. The van der Waals surface area contributed by atoms with Crippen molar-refractivity contribution in [3.8, 4) is 0 Å². The molecule has 0 saturated heterocycles. The minimum Gasteiger partial charge on any atom is -0.465 e. The van der Waals surface area contributed by atoms with Crippen LogP contribution >= 0.6 is 23.1 Å². The van der Waals surface area contributed by atoms with E-state index in [1.54, 1.807) is 0 Å². The van der Waals surface area contributed by atoms with Gasteiger partial charge >= 0.3 is 5.97 Å². The molecule has 1 atom stereocenters. The SMILES string of the molecule is CCOC(=O)C(C)(C)c1csc(NCC(C)CSC)n1. The van der Waals surface area contributed by atoms with E-state index in [-0.39, 0.29) is 5.97 Å². The number of esters is 1. The molecule has 0 amide bonds. The lowest BCUT2D eigenvalue weighted by molar-refractivity contribution is -0.148. The number of ether oxygens (including phenoxy) is 1. The summed E-state index contributed by atoms with van der Waals surface area (Å²) in [5.41, 5.74) is 0.0677. The Morgan fingerprint density at radius 1 is 1.60 bits per heavy atom. The molecule has 6 heteroatoms. The second-order valence-electron chi connectivity index (χ2n) is 5.32. The summed E-state index contributed by atoms with van der Waals surface area (Å²) in [4.78, 5) is 16.5. The number of anilines is 1. The van der Waals surface area contributed by atoms with Gasteiger partial charge in [0.15, 0.2) is 5.13 Å². The van der Waals surface area contributed by atoms with Gasteiger partial charge in [0.05, 0.1) is 12.3 Å². The van der Waals surface area contributed by atoms with E-state index >= 15 is 0 Å². The highest BCUT2D eigenvalue weighted by atomic mass is 32.2. The number of hydrogen-bond donors (Lipinski definition) is 1. The molecule has 0 aliphatic heterocycles. The molecular weight excluding hydrogens is 292 g/mol. The van der Waals surface area contributed by atoms with E-state index in [9.17, 15) is 4.79 Å². The lowest BCUT2D eigenvalue weighted by atomic mass is 9.90. The Kier molecular flexibility index (Phi) is 6.82. The highest BCUT2D eigenvalue weighted by Gasteiger charge is 2.33. The topological polar surface area (TPSA) is 51.2 Å². The van der Waals surface area contributed by atoms with Crippen molar-refractivity contribution in [1.29, 1.82) is 0 Å². The fraction of sp³-hybridized carbons (Fsp3) is 0.714. The lowest BCUT2D eigenvalue weighted by Crippen LogP contribution is -2.31.